The average molecular weight is 402 g/mol. The molecule has 160 valence electrons. The summed E-state index contributed by atoms with van der Waals surface area (Å²) < 4.78 is 0. The number of carbonyl (C=O) groups is 3. The number of unbranched alkanes of at least 4 members (excludes halogenated alkanes) is 3. The van der Waals surface area contributed by atoms with Crippen molar-refractivity contribution in [1.29, 1.82) is 0 Å². The molecule has 1 aromatic rings. The van der Waals surface area contributed by atoms with E-state index in [1.54, 1.807) is 6.92 Å². The van der Waals surface area contributed by atoms with Gasteiger partial charge in [-0.15, -0.1) is 0 Å². The number of amides is 4. The predicted molar refractivity (Wildman–Crippen MR) is 114 cm³/mol. The normalized spacial score (nSPS) is 20.1. The molecule has 0 spiro atoms. The van der Waals surface area contributed by atoms with E-state index in [-0.39, 0.29) is 18.5 Å². The van der Waals surface area contributed by atoms with Gasteiger partial charge < -0.3 is 10.6 Å². The van der Waals surface area contributed by atoms with Gasteiger partial charge in [0.05, 0.1) is 0 Å². The highest BCUT2D eigenvalue weighted by molar-refractivity contribution is 6.09. The van der Waals surface area contributed by atoms with Gasteiger partial charge in [-0.05, 0) is 37.3 Å². The zero-order chi connectivity index (χ0) is 21.6. The second-order valence-electron chi connectivity index (χ2n) is 8.54. The second-order valence-corrected chi connectivity index (χ2v) is 8.54. The quantitative estimate of drug-likeness (QED) is 0.458. The van der Waals surface area contributed by atoms with Gasteiger partial charge in [0.25, 0.3) is 5.91 Å². The van der Waals surface area contributed by atoms with Crippen molar-refractivity contribution in [1.82, 2.24) is 15.5 Å². The van der Waals surface area contributed by atoms with E-state index in [2.05, 4.69) is 31.4 Å². The van der Waals surface area contributed by atoms with Crippen molar-refractivity contribution in [2.75, 3.05) is 6.54 Å². The molecule has 1 saturated heterocycles. The third-order valence-corrected chi connectivity index (χ3v) is 5.63. The third-order valence-electron chi connectivity index (χ3n) is 5.63. The molecule has 1 aromatic carbocycles. The van der Waals surface area contributed by atoms with Crippen LogP contribution in [-0.4, -0.2) is 35.3 Å². The van der Waals surface area contributed by atoms with Crippen LogP contribution in [0.5, 0.6) is 0 Å². The van der Waals surface area contributed by atoms with Gasteiger partial charge in [-0.3, -0.25) is 14.5 Å². The van der Waals surface area contributed by atoms with Gasteiger partial charge in [0, 0.05) is 6.04 Å². The summed E-state index contributed by atoms with van der Waals surface area (Å²) in [4.78, 5) is 38.8. The lowest BCUT2D eigenvalue weighted by atomic mass is 9.90. The molecule has 2 rings (SSSR count). The number of imide groups is 1. The van der Waals surface area contributed by atoms with E-state index in [1.807, 2.05) is 31.2 Å². The third kappa shape index (κ3) is 5.58. The molecule has 1 aliphatic heterocycles. The van der Waals surface area contributed by atoms with Crippen LogP contribution in [0.1, 0.15) is 83.8 Å². The van der Waals surface area contributed by atoms with Gasteiger partial charge >= 0.3 is 6.03 Å². The SMILES string of the molecule is CCCCCC[C@@H](C)NC(=O)CN1C(=O)N[C@](C)(c2ccc(C(C)C)cc2)C1=O. The Hall–Kier alpha value is -2.37. The van der Waals surface area contributed by atoms with Crippen LogP contribution in [0.3, 0.4) is 0 Å². The van der Waals surface area contributed by atoms with Crippen molar-refractivity contribution in [3.05, 3.63) is 35.4 Å². The van der Waals surface area contributed by atoms with Gasteiger partial charge in [-0.2, -0.15) is 0 Å². The highest BCUT2D eigenvalue weighted by Crippen LogP contribution is 2.29. The maximum absolute atomic E-state index is 13.0. The Bertz CT molecular complexity index is 729. The molecule has 4 amide bonds. The van der Waals surface area contributed by atoms with Crippen LogP contribution in [0, 0.1) is 0 Å². The largest absolute Gasteiger partial charge is 0.352 e. The number of urea groups is 1. The maximum Gasteiger partial charge on any atom is 0.325 e. The molecule has 2 N–H and O–H groups in total. The first-order chi connectivity index (χ1) is 13.7. The van der Waals surface area contributed by atoms with Gasteiger partial charge in [0.1, 0.15) is 12.1 Å². The minimum absolute atomic E-state index is 0.0232. The summed E-state index contributed by atoms with van der Waals surface area (Å²) in [5, 5.41) is 5.66. The van der Waals surface area contributed by atoms with Crippen molar-refractivity contribution < 1.29 is 14.4 Å². The molecule has 1 heterocycles. The highest BCUT2D eigenvalue weighted by Gasteiger charge is 2.49. The monoisotopic (exact) mass is 401 g/mol. The number of carbonyl (C=O) groups excluding carboxylic acids is 3. The van der Waals surface area contributed by atoms with Crippen LogP contribution in [0.4, 0.5) is 4.79 Å². The van der Waals surface area contributed by atoms with Gasteiger partial charge in [0.15, 0.2) is 0 Å². The molecule has 6 heteroatoms. The van der Waals surface area contributed by atoms with Crippen LogP contribution in [0.25, 0.3) is 0 Å². The molecule has 0 saturated carbocycles. The molecule has 2 atom stereocenters. The number of rotatable bonds is 10. The lowest BCUT2D eigenvalue weighted by Crippen LogP contribution is -2.45. The Morgan fingerprint density at radius 3 is 2.34 bits per heavy atom. The Balaban J connectivity index is 1.98. The Morgan fingerprint density at radius 1 is 1.10 bits per heavy atom. The molecular formula is C23H35N3O3. The first-order valence-electron chi connectivity index (χ1n) is 10.7. The van der Waals surface area contributed by atoms with Crippen LogP contribution < -0.4 is 10.6 Å². The fraction of sp³-hybridized carbons (Fsp3) is 0.609. The Kier molecular flexibility index (Phi) is 7.82. The van der Waals surface area contributed by atoms with Crippen LogP contribution in [-0.2, 0) is 15.1 Å². The Labute approximate surface area is 174 Å². The summed E-state index contributed by atoms with van der Waals surface area (Å²) in [6, 6.07) is 7.18. The summed E-state index contributed by atoms with van der Waals surface area (Å²) in [7, 11) is 0. The molecule has 0 aromatic heterocycles. The summed E-state index contributed by atoms with van der Waals surface area (Å²) in [6.07, 6.45) is 5.47. The molecule has 1 aliphatic rings. The maximum atomic E-state index is 13.0. The zero-order valence-electron chi connectivity index (χ0n) is 18.4. The summed E-state index contributed by atoms with van der Waals surface area (Å²) in [6.45, 7) is 9.75. The summed E-state index contributed by atoms with van der Waals surface area (Å²) in [5.74, 6) is -0.323. The molecular weight excluding hydrogens is 366 g/mol. The van der Waals surface area contributed by atoms with Crippen LogP contribution in [0.15, 0.2) is 24.3 Å². The zero-order valence-corrected chi connectivity index (χ0v) is 18.4. The molecule has 29 heavy (non-hydrogen) atoms. The smallest absolute Gasteiger partial charge is 0.325 e. The van der Waals surface area contributed by atoms with Gasteiger partial charge in [-0.1, -0.05) is 70.7 Å². The van der Waals surface area contributed by atoms with Crippen molar-refractivity contribution in [2.24, 2.45) is 0 Å². The fourth-order valence-electron chi connectivity index (χ4n) is 3.65. The van der Waals surface area contributed by atoms with Crippen molar-refractivity contribution in [3.63, 3.8) is 0 Å². The van der Waals surface area contributed by atoms with Gasteiger partial charge in [0.2, 0.25) is 5.91 Å². The number of nitrogens with zero attached hydrogens (tertiary/aromatic N) is 1. The summed E-state index contributed by atoms with van der Waals surface area (Å²) >= 11 is 0. The lowest BCUT2D eigenvalue weighted by Gasteiger charge is -2.23. The van der Waals surface area contributed by atoms with Crippen molar-refractivity contribution in [2.45, 2.75) is 84.2 Å². The molecule has 6 nitrogen and oxygen atoms in total. The molecule has 0 unspecified atom stereocenters. The van der Waals surface area contributed by atoms with Crippen molar-refractivity contribution in [3.8, 4) is 0 Å². The van der Waals surface area contributed by atoms with E-state index in [0.717, 1.165) is 24.2 Å². The molecule has 0 radical (unpaired) electrons. The summed E-state index contributed by atoms with van der Waals surface area (Å²) in [5.41, 5.74) is 0.726. The molecule has 0 aliphatic carbocycles. The fourth-order valence-corrected chi connectivity index (χ4v) is 3.65. The van der Waals surface area contributed by atoms with E-state index in [4.69, 9.17) is 0 Å². The number of hydrogen-bond acceptors (Lipinski definition) is 3. The number of benzene rings is 1. The highest BCUT2D eigenvalue weighted by atomic mass is 16.2. The van der Waals surface area contributed by atoms with E-state index >= 15 is 0 Å². The second kappa shape index (κ2) is 9.90. The molecule has 1 fully saturated rings. The topological polar surface area (TPSA) is 78.5 Å². The lowest BCUT2D eigenvalue weighted by molar-refractivity contribution is -0.135. The van der Waals surface area contributed by atoms with E-state index < -0.39 is 17.5 Å². The molecule has 0 bridgehead atoms. The standard InChI is InChI=1S/C23H35N3O3/c1-6-7-8-9-10-17(4)24-20(27)15-26-21(28)23(5,25-22(26)29)19-13-11-18(12-14-19)16(2)3/h11-14,16-17H,6-10,15H2,1-5H3,(H,24,27)(H,25,29)/t17-,23-/m1/s1. The van der Waals surface area contributed by atoms with Crippen molar-refractivity contribution >= 4 is 17.8 Å². The van der Waals surface area contributed by atoms with E-state index in [9.17, 15) is 14.4 Å². The number of hydrogen-bond donors (Lipinski definition) is 2. The average Bonchev–Trinajstić information content (AvgIpc) is 2.89. The minimum Gasteiger partial charge on any atom is -0.352 e. The van der Waals surface area contributed by atoms with Crippen LogP contribution in [0.2, 0.25) is 0 Å². The number of nitrogens with one attached hydrogen (secondary N) is 2. The van der Waals surface area contributed by atoms with E-state index in [1.165, 1.54) is 18.4 Å². The van der Waals surface area contributed by atoms with Gasteiger partial charge in [-0.25, -0.2) is 4.79 Å². The minimum atomic E-state index is -1.15. The first-order valence-corrected chi connectivity index (χ1v) is 10.7. The first kappa shape index (κ1) is 22.9. The Morgan fingerprint density at radius 2 is 1.76 bits per heavy atom. The van der Waals surface area contributed by atoms with E-state index in [0.29, 0.717) is 11.5 Å². The predicted octanol–water partition coefficient (Wildman–Crippen LogP) is 4.05. The van der Waals surface area contributed by atoms with Crippen LogP contribution >= 0.6 is 0 Å².